The van der Waals surface area contributed by atoms with Crippen LogP contribution in [0.3, 0.4) is 0 Å². The Kier molecular flexibility index (Phi) is 5.98. The summed E-state index contributed by atoms with van der Waals surface area (Å²) >= 11 is 0. The zero-order valence-electron chi connectivity index (χ0n) is 13.6. The number of rotatable bonds is 6. The molecule has 1 aromatic rings. The quantitative estimate of drug-likeness (QED) is 0.849. The summed E-state index contributed by atoms with van der Waals surface area (Å²) in [6.07, 6.45) is 3.72. The molecule has 1 fully saturated rings. The van der Waals surface area contributed by atoms with Crippen molar-refractivity contribution in [3.05, 3.63) is 35.4 Å². The number of carbonyl (C=O) groups is 1. The van der Waals surface area contributed by atoms with Gasteiger partial charge in [-0.3, -0.25) is 4.79 Å². The molecule has 0 aliphatic carbocycles. The largest absolute Gasteiger partial charge is 0.390 e. The van der Waals surface area contributed by atoms with Gasteiger partial charge in [0.1, 0.15) is 0 Å². The first kappa shape index (κ1) is 17.0. The van der Waals surface area contributed by atoms with E-state index in [4.69, 9.17) is 4.74 Å². The highest BCUT2D eigenvalue weighted by molar-refractivity contribution is 5.94. The lowest BCUT2D eigenvalue weighted by Crippen LogP contribution is -2.33. The maximum absolute atomic E-state index is 12.1. The molecule has 1 aliphatic heterocycles. The van der Waals surface area contributed by atoms with E-state index >= 15 is 0 Å². The summed E-state index contributed by atoms with van der Waals surface area (Å²) in [5, 5.41) is 12.7. The molecule has 4 heteroatoms. The smallest absolute Gasteiger partial charge is 0.251 e. The van der Waals surface area contributed by atoms with Gasteiger partial charge in [0.25, 0.3) is 5.91 Å². The number of ether oxygens (including phenoxy) is 1. The molecule has 4 nitrogen and oxygen atoms in total. The van der Waals surface area contributed by atoms with Crippen molar-refractivity contribution in [1.82, 2.24) is 5.32 Å². The van der Waals surface area contributed by atoms with Gasteiger partial charge in [0.05, 0.1) is 12.2 Å². The third kappa shape index (κ3) is 5.78. The first-order chi connectivity index (χ1) is 10.4. The van der Waals surface area contributed by atoms with Crippen molar-refractivity contribution >= 4 is 5.91 Å². The lowest BCUT2D eigenvalue weighted by Gasteiger charge is -2.22. The molecule has 22 heavy (non-hydrogen) atoms. The molecular formula is C18H27NO3. The van der Waals surface area contributed by atoms with Gasteiger partial charge in [-0.15, -0.1) is 0 Å². The summed E-state index contributed by atoms with van der Waals surface area (Å²) in [5.74, 6) is 0.406. The van der Waals surface area contributed by atoms with Gasteiger partial charge >= 0.3 is 0 Å². The normalized spacial score (nSPS) is 19.0. The summed E-state index contributed by atoms with van der Waals surface area (Å²) in [6, 6.07) is 7.63. The molecule has 1 atom stereocenters. The van der Waals surface area contributed by atoms with Crippen LogP contribution >= 0.6 is 0 Å². The van der Waals surface area contributed by atoms with Crippen molar-refractivity contribution in [2.24, 2.45) is 5.92 Å². The number of benzene rings is 1. The number of carbonyl (C=O) groups excluding carboxylic acids is 1. The molecule has 0 bridgehead atoms. The van der Waals surface area contributed by atoms with E-state index in [1.165, 1.54) is 0 Å². The van der Waals surface area contributed by atoms with Crippen molar-refractivity contribution in [1.29, 1.82) is 0 Å². The summed E-state index contributed by atoms with van der Waals surface area (Å²) in [5.41, 5.74) is 1.17. The van der Waals surface area contributed by atoms with Gasteiger partial charge in [0.2, 0.25) is 0 Å². The van der Waals surface area contributed by atoms with E-state index in [1.54, 1.807) is 0 Å². The fourth-order valence-electron chi connectivity index (χ4n) is 2.58. The molecule has 0 saturated carbocycles. The zero-order chi connectivity index (χ0) is 16.0. The second kappa shape index (κ2) is 7.75. The Morgan fingerprint density at radius 3 is 2.68 bits per heavy atom. The molecule has 1 heterocycles. The van der Waals surface area contributed by atoms with Gasteiger partial charge in [0, 0.05) is 18.7 Å². The van der Waals surface area contributed by atoms with Crippen molar-refractivity contribution in [3.63, 3.8) is 0 Å². The Labute approximate surface area is 132 Å². The van der Waals surface area contributed by atoms with Gasteiger partial charge in [-0.05, 0) is 63.1 Å². The zero-order valence-corrected chi connectivity index (χ0v) is 13.6. The summed E-state index contributed by atoms with van der Waals surface area (Å²) in [6.45, 7) is 5.89. The van der Waals surface area contributed by atoms with Gasteiger partial charge in [0.15, 0.2) is 0 Å². The minimum Gasteiger partial charge on any atom is -0.390 e. The van der Waals surface area contributed by atoms with Gasteiger partial charge in [-0.1, -0.05) is 12.1 Å². The number of hydrogen-bond donors (Lipinski definition) is 2. The van der Waals surface area contributed by atoms with Gasteiger partial charge in [-0.2, -0.15) is 0 Å². The predicted octanol–water partition coefficient (Wildman–Crippen LogP) is 2.55. The highest BCUT2D eigenvalue weighted by Crippen LogP contribution is 2.15. The lowest BCUT2D eigenvalue weighted by atomic mass is 9.98. The summed E-state index contributed by atoms with van der Waals surface area (Å²) < 4.78 is 5.42. The van der Waals surface area contributed by atoms with Crippen LogP contribution in [0.25, 0.3) is 0 Å². The van der Waals surface area contributed by atoms with Crippen molar-refractivity contribution in [2.45, 2.75) is 45.1 Å². The lowest BCUT2D eigenvalue weighted by molar-refractivity contribution is 0.0536. The van der Waals surface area contributed by atoms with Crippen molar-refractivity contribution in [2.75, 3.05) is 19.8 Å². The molecule has 2 N–H and O–H groups in total. The second-order valence-electron chi connectivity index (χ2n) is 6.80. The molecule has 1 saturated heterocycles. The van der Waals surface area contributed by atoms with E-state index in [0.717, 1.165) is 38.0 Å². The Balaban J connectivity index is 1.80. The Hall–Kier alpha value is -1.39. The second-order valence-corrected chi connectivity index (χ2v) is 6.80. The number of nitrogens with one attached hydrogen (secondary N) is 1. The summed E-state index contributed by atoms with van der Waals surface area (Å²) in [4.78, 5) is 12.1. The van der Waals surface area contributed by atoms with Crippen LogP contribution < -0.4 is 5.32 Å². The Morgan fingerprint density at radius 2 is 2.09 bits per heavy atom. The number of amides is 1. The molecule has 122 valence electrons. The maximum Gasteiger partial charge on any atom is 0.251 e. The van der Waals surface area contributed by atoms with Crippen LogP contribution in [0.2, 0.25) is 0 Å². The first-order valence-corrected chi connectivity index (χ1v) is 8.11. The number of aryl methyl sites for hydroxylation is 1. The highest BCUT2D eigenvalue weighted by atomic mass is 16.5. The minimum absolute atomic E-state index is 0.0281. The average molecular weight is 305 g/mol. The SMILES string of the molecule is CC(C)(O)CCc1ccc(C(=O)NC[C@@H]2CCCOC2)cc1. The average Bonchev–Trinajstić information content (AvgIpc) is 2.51. The van der Waals surface area contributed by atoms with Gasteiger partial charge < -0.3 is 15.2 Å². The molecule has 0 aromatic heterocycles. The number of aliphatic hydroxyl groups is 1. The molecular weight excluding hydrogens is 278 g/mol. The fraction of sp³-hybridized carbons (Fsp3) is 0.611. The molecule has 1 aromatic carbocycles. The third-order valence-electron chi connectivity index (χ3n) is 4.05. The van der Waals surface area contributed by atoms with Crippen LogP contribution in [-0.4, -0.2) is 36.4 Å². The Morgan fingerprint density at radius 1 is 1.36 bits per heavy atom. The molecule has 1 aliphatic rings. The van der Waals surface area contributed by atoms with Crippen molar-refractivity contribution < 1.29 is 14.6 Å². The topological polar surface area (TPSA) is 58.6 Å². The van der Waals surface area contributed by atoms with Crippen LogP contribution in [0, 0.1) is 5.92 Å². The van der Waals surface area contributed by atoms with E-state index in [9.17, 15) is 9.90 Å². The third-order valence-corrected chi connectivity index (χ3v) is 4.05. The van der Waals surface area contributed by atoms with Crippen LogP contribution in [0.1, 0.15) is 49.0 Å². The molecule has 0 spiro atoms. The maximum atomic E-state index is 12.1. The van der Waals surface area contributed by atoms with E-state index in [0.29, 0.717) is 24.4 Å². The Bertz CT molecular complexity index is 470. The van der Waals surface area contributed by atoms with Crippen LogP contribution in [0.4, 0.5) is 0 Å². The standard InChI is InChI=1S/C18H27NO3/c1-18(2,21)10-9-14-5-7-16(8-6-14)17(20)19-12-15-4-3-11-22-13-15/h5-8,15,21H,3-4,9-13H2,1-2H3,(H,19,20)/t15-/m0/s1. The minimum atomic E-state index is -0.655. The molecule has 0 radical (unpaired) electrons. The van der Waals surface area contributed by atoms with E-state index < -0.39 is 5.60 Å². The highest BCUT2D eigenvalue weighted by Gasteiger charge is 2.15. The monoisotopic (exact) mass is 305 g/mol. The van der Waals surface area contributed by atoms with Crippen LogP contribution in [0.5, 0.6) is 0 Å². The van der Waals surface area contributed by atoms with E-state index in [1.807, 2.05) is 38.1 Å². The first-order valence-electron chi connectivity index (χ1n) is 8.11. The van der Waals surface area contributed by atoms with Gasteiger partial charge in [-0.25, -0.2) is 0 Å². The molecule has 1 amide bonds. The summed E-state index contributed by atoms with van der Waals surface area (Å²) in [7, 11) is 0. The molecule has 2 rings (SSSR count). The van der Waals surface area contributed by atoms with Crippen molar-refractivity contribution in [3.8, 4) is 0 Å². The predicted molar refractivity (Wildman–Crippen MR) is 86.9 cm³/mol. The van der Waals surface area contributed by atoms with E-state index in [-0.39, 0.29) is 5.91 Å². The van der Waals surface area contributed by atoms with Crippen LogP contribution in [-0.2, 0) is 11.2 Å². The fourth-order valence-corrected chi connectivity index (χ4v) is 2.58. The van der Waals surface area contributed by atoms with E-state index in [2.05, 4.69) is 5.32 Å². The van der Waals surface area contributed by atoms with Crippen LogP contribution in [0.15, 0.2) is 24.3 Å². The number of hydrogen-bond acceptors (Lipinski definition) is 3. The molecule has 0 unspecified atom stereocenters.